The molecule has 0 aromatic heterocycles. The molecule has 0 saturated heterocycles. The van der Waals surface area contributed by atoms with Crippen molar-refractivity contribution in [2.24, 2.45) is 58.2 Å². The average molecular weight is 514 g/mol. The third-order valence-corrected chi connectivity index (χ3v) is 12.3. The lowest BCUT2D eigenvalue weighted by Gasteiger charge is -2.59. The first-order chi connectivity index (χ1) is 17.3. The Bertz CT molecular complexity index is 839. The van der Waals surface area contributed by atoms with E-state index in [1.807, 2.05) is 0 Å². The van der Waals surface area contributed by atoms with Crippen molar-refractivity contribution in [3.8, 4) is 0 Å². The highest BCUT2D eigenvalue weighted by Gasteiger charge is 2.59. The van der Waals surface area contributed by atoms with Gasteiger partial charge in [-0.15, -0.1) is 0 Å². The number of hydrogen-bond donors (Lipinski definition) is 0. The number of quaternary nitrogens is 1. The van der Waals surface area contributed by atoms with E-state index < -0.39 is 5.97 Å². The summed E-state index contributed by atoms with van der Waals surface area (Å²) < 4.78 is 0.818. The van der Waals surface area contributed by atoms with Gasteiger partial charge in [-0.1, -0.05) is 65.5 Å². The molecule has 0 heterocycles. The van der Waals surface area contributed by atoms with Gasteiger partial charge in [0.15, 0.2) is 0 Å². The number of carbonyl (C=O) groups excluding carboxylic acids is 1. The van der Waals surface area contributed by atoms with Crippen molar-refractivity contribution in [1.29, 1.82) is 0 Å². The van der Waals surface area contributed by atoms with Crippen molar-refractivity contribution < 1.29 is 14.4 Å². The highest BCUT2D eigenvalue weighted by molar-refractivity contribution is 5.68. The monoisotopic (exact) mass is 513 g/mol. The van der Waals surface area contributed by atoms with Crippen LogP contribution in [-0.4, -0.2) is 38.1 Å². The van der Waals surface area contributed by atoms with Gasteiger partial charge in [-0.05, 0) is 104 Å². The highest BCUT2D eigenvalue weighted by Crippen LogP contribution is 2.67. The molecule has 5 unspecified atom stereocenters. The van der Waals surface area contributed by atoms with Crippen LogP contribution >= 0.6 is 0 Å². The number of allylic oxidation sites excluding steroid dienone is 2. The summed E-state index contributed by atoms with van der Waals surface area (Å²) in [5, 5.41) is 12.2. The summed E-state index contributed by atoms with van der Waals surface area (Å²) in [5.41, 5.74) is 2.43. The molecule has 3 nitrogen and oxygen atoms in total. The van der Waals surface area contributed by atoms with Gasteiger partial charge >= 0.3 is 0 Å². The molecule has 37 heavy (non-hydrogen) atoms. The van der Waals surface area contributed by atoms with E-state index in [2.05, 4.69) is 61.8 Å². The van der Waals surface area contributed by atoms with Crippen molar-refractivity contribution >= 4 is 5.97 Å². The van der Waals surface area contributed by atoms with E-state index in [-0.39, 0.29) is 17.3 Å². The zero-order chi connectivity index (χ0) is 27.2. The van der Waals surface area contributed by atoms with Gasteiger partial charge in [0.1, 0.15) is 0 Å². The van der Waals surface area contributed by atoms with Gasteiger partial charge in [0.25, 0.3) is 0 Å². The Morgan fingerprint density at radius 2 is 1.73 bits per heavy atom. The second-order valence-corrected chi connectivity index (χ2v) is 16.0. The lowest BCUT2D eigenvalue weighted by molar-refractivity contribution is -0.870. The summed E-state index contributed by atoms with van der Waals surface area (Å²) in [6.45, 7) is 13.4. The van der Waals surface area contributed by atoms with Gasteiger partial charge in [0.05, 0.1) is 27.7 Å². The average Bonchev–Trinajstić information content (AvgIpc) is 3.15. The van der Waals surface area contributed by atoms with Crippen LogP contribution in [-0.2, 0) is 4.79 Å². The fraction of sp³-hybridized carbons (Fsp3) is 0.912. The summed E-state index contributed by atoms with van der Waals surface area (Å²) in [6, 6.07) is 0. The molecule has 3 heteroatoms. The molecule has 0 spiro atoms. The molecule has 4 aliphatic carbocycles. The number of aliphatic carboxylic acids is 1. The van der Waals surface area contributed by atoms with E-state index in [1.165, 1.54) is 57.8 Å². The van der Waals surface area contributed by atoms with Crippen LogP contribution in [0.15, 0.2) is 11.6 Å². The molecule has 3 saturated carbocycles. The van der Waals surface area contributed by atoms with Crippen molar-refractivity contribution in [2.75, 3.05) is 27.7 Å². The molecule has 0 N–H and O–H groups in total. The number of carbonyl (C=O) groups is 1. The zero-order valence-electron chi connectivity index (χ0n) is 25.7. The standard InChI is InChI=1S/C34H59NO2/c1-23(2)10-9-11-24(3)29-14-15-30-28-13-12-26-22-25(27(32(36)37)18-21-35(6,7)8)16-19-33(26,4)31(28)17-20-34(29,30)5/h12,23-25,27-31H,9-11,13-22H2,1-8H3/t24-,25?,27?,28?,29-,30?,31?,33+,34-/m1/s1. The first-order valence-electron chi connectivity index (χ1n) is 16.0. The van der Waals surface area contributed by atoms with Crippen LogP contribution in [0, 0.1) is 58.2 Å². The molecule has 4 aliphatic rings. The van der Waals surface area contributed by atoms with Crippen molar-refractivity contribution in [3.05, 3.63) is 11.6 Å². The molecular weight excluding hydrogens is 454 g/mol. The summed E-state index contributed by atoms with van der Waals surface area (Å²) in [7, 11) is 6.47. The Labute approximate surface area is 229 Å². The molecule has 0 amide bonds. The third kappa shape index (κ3) is 5.87. The topological polar surface area (TPSA) is 40.1 Å². The fourth-order valence-electron chi connectivity index (χ4n) is 10.1. The van der Waals surface area contributed by atoms with Crippen LogP contribution in [0.1, 0.15) is 112 Å². The normalized spacial score (nSPS) is 39.4. The SMILES string of the molecule is CC(C)CCC[C@@H](C)[C@H]1CCC2C3CC=C4CC(C(CC[N+](C)(C)C)C(=O)[O-])CC[C@]4(C)C3CC[C@@]21C. The van der Waals surface area contributed by atoms with E-state index in [1.54, 1.807) is 5.57 Å². The Kier molecular flexibility index (Phi) is 8.65. The summed E-state index contributed by atoms with van der Waals surface area (Å²) in [6.07, 6.45) is 17.7. The summed E-state index contributed by atoms with van der Waals surface area (Å²) >= 11 is 0. The Hall–Kier alpha value is -0.830. The summed E-state index contributed by atoms with van der Waals surface area (Å²) in [5.74, 6) is 4.26. The van der Waals surface area contributed by atoms with Crippen molar-refractivity contribution in [2.45, 2.75) is 112 Å². The van der Waals surface area contributed by atoms with Crippen molar-refractivity contribution in [1.82, 2.24) is 0 Å². The van der Waals surface area contributed by atoms with E-state index >= 15 is 0 Å². The van der Waals surface area contributed by atoms with Crippen LogP contribution in [0.3, 0.4) is 0 Å². The number of nitrogens with zero attached hydrogens (tertiary/aromatic N) is 1. The molecule has 9 atom stereocenters. The molecule has 0 radical (unpaired) electrons. The van der Waals surface area contributed by atoms with Crippen molar-refractivity contribution in [3.63, 3.8) is 0 Å². The first kappa shape index (κ1) is 29.2. The first-order valence-corrected chi connectivity index (χ1v) is 16.0. The van der Waals surface area contributed by atoms with Crippen LogP contribution < -0.4 is 5.11 Å². The van der Waals surface area contributed by atoms with Crippen LogP contribution in [0.5, 0.6) is 0 Å². The number of carboxylic acid groups (broad SMARTS) is 1. The van der Waals surface area contributed by atoms with Crippen LogP contribution in [0.2, 0.25) is 0 Å². The lowest BCUT2D eigenvalue weighted by Crippen LogP contribution is -2.51. The maximum Gasteiger partial charge on any atom is 0.0786 e. The number of hydrogen-bond acceptors (Lipinski definition) is 2. The van der Waals surface area contributed by atoms with Gasteiger partial charge in [0, 0.05) is 18.3 Å². The van der Waals surface area contributed by atoms with Gasteiger partial charge in [0.2, 0.25) is 0 Å². The van der Waals surface area contributed by atoms with Gasteiger partial charge < -0.3 is 14.4 Å². The maximum absolute atomic E-state index is 12.2. The largest absolute Gasteiger partial charge is 0.550 e. The number of carboxylic acids is 1. The minimum atomic E-state index is -0.815. The smallest absolute Gasteiger partial charge is 0.0786 e. The fourth-order valence-corrected chi connectivity index (χ4v) is 10.1. The summed E-state index contributed by atoms with van der Waals surface area (Å²) in [4.78, 5) is 12.2. The lowest BCUT2D eigenvalue weighted by atomic mass is 9.46. The predicted molar refractivity (Wildman–Crippen MR) is 153 cm³/mol. The second-order valence-electron chi connectivity index (χ2n) is 16.0. The highest BCUT2D eigenvalue weighted by atomic mass is 16.4. The quantitative estimate of drug-likeness (QED) is 0.231. The molecule has 4 rings (SSSR count). The van der Waals surface area contributed by atoms with Gasteiger partial charge in [-0.3, -0.25) is 0 Å². The molecule has 0 aliphatic heterocycles. The maximum atomic E-state index is 12.2. The van der Waals surface area contributed by atoms with E-state index in [0.29, 0.717) is 5.41 Å². The van der Waals surface area contributed by atoms with E-state index in [4.69, 9.17) is 0 Å². The molecular formula is C34H59NO2. The minimum absolute atomic E-state index is 0.254. The van der Waals surface area contributed by atoms with Crippen LogP contribution in [0.4, 0.5) is 0 Å². The van der Waals surface area contributed by atoms with Gasteiger partial charge in [-0.2, -0.15) is 0 Å². The Balaban J connectivity index is 1.46. The molecule has 212 valence electrons. The molecule has 0 bridgehead atoms. The second kappa shape index (κ2) is 11.0. The molecule has 3 fully saturated rings. The molecule has 0 aromatic rings. The zero-order valence-corrected chi connectivity index (χ0v) is 25.7. The Morgan fingerprint density at radius 1 is 1.00 bits per heavy atom. The number of fused-ring (bicyclic) bond motifs is 5. The number of rotatable bonds is 10. The third-order valence-electron chi connectivity index (χ3n) is 12.3. The van der Waals surface area contributed by atoms with Crippen LogP contribution in [0.25, 0.3) is 0 Å². The minimum Gasteiger partial charge on any atom is -0.550 e. The van der Waals surface area contributed by atoms with Gasteiger partial charge in [-0.25, -0.2) is 0 Å². The molecule has 0 aromatic carbocycles. The predicted octanol–water partition coefficient (Wildman–Crippen LogP) is 7.11. The van der Waals surface area contributed by atoms with E-state index in [9.17, 15) is 9.90 Å². The van der Waals surface area contributed by atoms with E-state index in [0.717, 1.165) is 65.8 Å². The Morgan fingerprint density at radius 3 is 2.38 bits per heavy atom.